The van der Waals surface area contributed by atoms with E-state index >= 15 is 0 Å². The molecule has 1 amide bonds. The first-order valence-corrected chi connectivity index (χ1v) is 13.4. The Hall–Kier alpha value is -4.05. The molecule has 0 spiro atoms. The minimum atomic E-state index is -0.541. The summed E-state index contributed by atoms with van der Waals surface area (Å²) in [6.45, 7) is 8.00. The zero-order chi connectivity index (χ0) is 26.5. The summed E-state index contributed by atoms with van der Waals surface area (Å²) in [5.41, 5.74) is 5.14. The number of benzene rings is 4. The maximum absolute atomic E-state index is 13.2. The Bertz CT molecular complexity index is 1380. The summed E-state index contributed by atoms with van der Waals surface area (Å²) in [7, 11) is 0. The topological polar surface area (TPSA) is 32.8 Å². The molecular formula is C34H36N2O2. The van der Waals surface area contributed by atoms with Gasteiger partial charge in [0, 0.05) is 30.9 Å². The van der Waals surface area contributed by atoms with Crippen molar-refractivity contribution in [1.29, 1.82) is 0 Å². The molecule has 4 nitrogen and oxygen atoms in total. The van der Waals surface area contributed by atoms with Crippen molar-refractivity contribution in [2.45, 2.75) is 52.3 Å². The van der Waals surface area contributed by atoms with Crippen LogP contribution in [-0.2, 0) is 17.8 Å². The smallest absolute Gasteiger partial charge is 0.414 e. The average Bonchev–Trinajstić information content (AvgIpc) is 2.92. The van der Waals surface area contributed by atoms with Gasteiger partial charge in [0.2, 0.25) is 0 Å². The van der Waals surface area contributed by atoms with Crippen molar-refractivity contribution in [2.75, 3.05) is 11.4 Å². The lowest BCUT2D eigenvalue weighted by Crippen LogP contribution is -2.37. The number of amides is 1. The lowest BCUT2D eigenvalue weighted by atomic mass is 9.97. The highest BCUT2D eigenvalue weighted by Crippen LogP contribution is 2.34. The monoisotopic (exact) mass is 504 g/mol. The quantitative estimate of drug-likeness (QED) is 0.264. The van der Waals surface area contributed by atoms with Crippen LogP contribution in [0.15, 0.2) is 103 Å². The third kappa shape index (κ3) is 6.08. The molecule has 1 aliphatic heterocycles. The number of rotatable bonds is 6. The molecule has 5 rings (SSSR count). The molecule has 194 valence electrons. The molecule has 0 radical (unpaired) electrons. The second-order valence-corrected chi connectivity index (χ2v) is 10.9. The first-order valence-electron chi connectivity index (χ1n) is 13.4. The fourth-order valence-electron chi connectivity index (χ4n) is 5.01. The molecule has 0 N–H and O–H groups in total. The Labute approximate surface area is 226 Å². The Morgan fingerprint density at radius 1 is 0.842 bits per heavy atom. The highest BCUT2D eigenvalue weighted by molar-refractivity contribution is 5.98. The van der Waals surface area contributed by atoms with Crippen molar-refractivity contribution in [3.8, 4) is 0 Å². The summed E-state index contributed by atoms with van der Waals surface area (Å²) in [5.74, 6) is 0. The van der Waals surface area contributed by atoms with Gasteiger partial charge in [0.25, 0.3) is 0 Å². The Morgan fingerprint density at radius 3 is 2.13 bits per heavy atom. The molecule has 4 aromatic carbocycles. The van der Waals surface area contributed by atoms with E-state index in [0.717, 1.165) is 53.7 Å². The zero-order valence-electron chi connectivity index (χ0n) is 22.6. The Balaban J connectivity index is 1.55. The first-order chi connectivity index (χ1) is 18.4. The van der Waals surface area contributed by atoms with E-state index < -0.39 is 5.60 Å². The molecule has 38 heavy (non-hydrogen) atoms. The summed E-state index contributed by atoms with van der Waals surface area (Å²) in [6, 6.07) is 34.2. The molecule has 0 unspecified atom stereocenters. The molecule has 0 aromatic heterocycles. The molecule has 1 heterocycles. The van der Waals surface area contributed by atoms with Gasteiger partial charge >= 0.3 is 6.09 Å². The highest BCUT2D eigenvalue weighted by atomic mass is 16.6. The van der Waals surface area contributed by atoms with Crippen LogP contribution in [0.3, 0.4) is 0 Å². The SMILES string of the molecule is CC(C)(C)OC(=O)N1CCCC=C1c1cccc2ccc(N(Cc3ccccc3)Cc3ccccc3)cc12. The minimum absolute atomic E-state index is 0.286. The summed E-state index contributed by atoms with van der Waals surface area (Å²) in [6.07, 6.45) is 3.77. The summed E-state index contributed by atoms with van der Waals surface area (Å²) in [4.78, 5) is 17.4. The largest absolute Gasteiger partial charge is 0.443 e. The lowest BCUT2D eigenvalue weighted by Gasteiger charge is -2.32. The van der Waals surface area contributed by atoms with E-state index in [1.807, 2.05) is 25.7 Å². The van der Waals surface area contributed by atoms with Crippen LogP contribution in [0, 0.1) is 0 Å². The maximum atomic E-state index is 13.2. The van der Waals surface area contributed by atoms with Crippen LogP contribution in [0.4, 0.5) is 10.5 Å². The molecule has 4 aromatic rings. The normalized spacial score (nSPS) is 13.8. The second-order valence-electron chi connectivity index (χ2n) is 10.9. The van der Waals surface area contributed by atoms with Crippen molar-refractivity contribution >= 4 is 28.3 Å². The van der Waals surface area contributed by atoms with Gasteiger partial charge in [0.15, 0.2) is 0 Å². The van der Waals surface area contributed by atoms with Gasteiger partial charge in [-0.25, -0.2) is 4.79 Å². The third-order valence-corrected chi connectivity index (χ3v) is 6.77. The predicted molar refractivity (Wildman–Crippen MR) is 157 cm³/mol. The van der Waals surface area contributed by atoms with Crippen LogP contribution in [0.2, 0.25) is 0 Å². The molecule has 0 saturated carbocycles. The van der Waals surface area contributed by atoms with Crippen LogP contribution >= 0.6 is 0 Å². The van der Waals surface area contributed by atoms with Gasteiger partial charge in [-0.1, -0.05) is 91.0 Å². The summed E-state index contributed by atoms with van der Waals surface area (Å²) < 4.78 is 5.77. The van der Waals surface area contributed by atoms with Crippen LogP contribution in [0.25, 0.3) is 16.5 Å². The highest BCUT2D eigenvalue weighted by Gasteiger charge is 2.27. The summed E-state index contributed by atoms with van der Waals surface area (Å²) in [5, 5.41) is 2.29. The van der Waals surface area contributed by atoms with E-state index in [-0.39, 0.29) is 6.09 Å². The number of anilines is 1. The number of allylic oxidation sites excluding steroid dienone is 1. The third-order valence-electron chi connectivity index (χ3n) is 6.77. The van der Waals surface area contributed by atoms with Gasteiger partial charge in [-0.2, -0.15) is 0 Å². The van der Waals surface area contributed by atoms with Crippen molar-refractivity contribution in [2.24, 2.45) is 0 Å². The molecule has 0 aliphatic carbocycles. The van der Waals surface area contributed by atoms with Crippen molar-refractivity contribution in [3.05, 3.63) is 120 Å². The van der Waals surface area contributed by atoms with E-state index in [4.69, 9.17) is 4.74 Å². The fourth-order valence-corrected chi connectivity index (χ4v) is 5.01. The minimum Gasteiger partial charge on any atom is -0.443 e. The average molecular weight is 505 g/mol. The van der Waals surface area contributed by atoms with Crippen LogP contribution in [0.1, 0.15) is 50.3 Å². The number of hydrogen-bond donors (Lipinski definition) is 0. The number of nitrogens with zero attached hydrogens (tertiary/aromatic N) is 2. The van der Waals surface area contributed by atoms with Gasteiger partial charge in [0.1, 0.15) is 5.60 Å². The van der Waals surface area contributed by atoms with Gasteiger partial charge in [-0.3, -0.25) is 4.90 Å². The van der Waals surface area contributed by atoms with E-state index in [2.05, 4.69) is 108 Å². The Morgan fingerprint density at radius 2 is 1.50 bits per heavy atom. The number of carbonyl (C=O) groups is 1. The number of hydrogen-bond acceptors (Lipinski definition) is 3. The zero-order valence-corrected chi connectivity index (χ0v) is 22.6. The molecule has 0 atom stereocenters. The fraction of sp³-hybridized carbons (Fsp3) is 0.265. The molecule has 4 heteroatoms. The summed E-state index contributed by atoms with van der Waals surface area (Å²) >= 11 is 0. The van der Waals surface area contributed by atoms with Crippen molar-refractivity contribution < 1.29 is 9.53 Å². The van der Waals surface area contributed by atoms with Gasteiger partial charge < -0.3 is 9.64 Å². The lowest BCUT2D eigenvalue weighted by molar-refractivity contribution is 0.0347. The van der Waals surface area contributed by atoms with E-state index in [9.17, 15) is 4.79 Å². The molecule has 0 fully saturated rings. The predicted octanol–water partition coefficient (Wildman–Crippen LogP) is 8.42. The maximum Gasteiger partial charge on any atom is 0.414 e. The van der Waals surface area contributed by atoms with Gasteiger partial charge in [0.05, 0.1) is 5.70 Å². The number of carbonyl (C=O) groups excluding carboxylic acids is 1. The first kappa shape index (κ1) is 25.6. The molecule has 0 saturated heterocycles. The van der Waals surface area contributed by atoms with Crippen molar-refractivity contribution in [1.82, 2.24) is 4.90 Å². The van der Waals surface area contributed by atoms with Crippen LogP contribution in [-0.4, -0.2) is 23.1 Å². The standard InChI is InChI=1S/C34H36N2O2/c1-34(2,3)38-33(37)36-22-11-10-19-32(36)30-18-12-17-28-20-21-29(23-31(28)30)35(24-26-13-6-4-7-14-26)25-27-15-8-5-9-16-27/h4-9,12-21,23H,10-11,22,24-25H2,1-3H3. The van der Waals surface area contributed by atoms with E-state index in [1.54, 1.807) is 0 Å². The number of fused-ring (bicyclic) bond motifs is 1. The van der Waals surface area contributed by atoms with E-state index in [1.165, 1.54) is 11.1 Å². The molecule has 0 bridgehead atoms. The molecule has 1 aliphatic rings. The Kier molecular flexibility index (Phi) is 7.50. The van der Waals surface area contributed by atoms with Gasteiger partial charge in [-0.15, -0.1) is 0 Å². The van der Waals surface area contributed by atoms with E-state index in [0.29, 0.717) is 6.54 Å². The van der Waals surface area contributed by atoms with Gasteiger partial charge in [-0.05, 0) is 67.6 Å². The molecular weight excluding hydrogens is 468 g/mol. The van der Waals surface area contributed by atoms with Crippen molar-refractivity contribution in [3.63, 3.8) is 0 Å². The van der Waals surface area contributed by atoms with Crippen LogP contribution < -0.4 is 4.90 Å². The van der Waals surface area contributed by atoms with Crippen LogP contribution in [0.5, 0.6) is 0 Å². The number of ether oxygens (including phenoxy) is 1. The second kappa shape index (κ2) is 11.1.